The van der Waals surface area contributed by atoms with Crippen molar-refractivity contribution in [3.8, 4) is 11.1 Å². The van der Waals surface area contributed by atoms with E-state index in [1.54, 1.807) is 23.9 Å². The first-order valence-electron chi connectivity index (χ1n) is 7.42. The Balaban J connectivity index is 1.73. The van der Waals surface area contributed by atoms with E-state index in [4.69, 9.17) is 11.6 Å². The Labute approximate surface area is 148 Å². The van der Waals surface area contributed by atoms with Crippen LogP contribution < -0.4 is 5.32 Å². The fraction of sp³-hybridized carbons (Fsp3) is 0.0556. The van der Waals surface area contributed by atoms with Crippen LogP contribution in [0.3, 0.4) is 0 Å². The maximum Gasteiger partial charge on any atom is 0.139 e. The molecule has 0 radical (unpaired) electrons. The quantitative estimate of drug-likeness (QED) is 0.560. The smallest absolute Gasteiger partial charge is 0.139 e. The van der Waals surface area contributed by atoms with Gasteiger partial charge in [-0.15, -0.1) is 11.3 Å². The Kier molecular flexibility index (Phi) is 4.11. The van der Waals surface area contributed by atoms with Gasteiger partial charge in [0.1, 0.15) is 17.0 Å². The minimum Gasteiger partial charge on any atom is -0.365 e. The number of halogens is 1. The molecule has 3 heterocycles. The van der Waals surface area contributed by atoms with Crippen LogP contribution >= 0.6 is 22.9 Å². The van der Waals surface area contributed by atoms with E-state index in [-0.39, 0.29) is 0 Å². The van der Waals surface area contributed by atoms with Crippen LogP contribution in [0.25, 0.3) is 21.3 Å². The van der Waals surface area contributed by atoms with Crippen molar-refractivity contribution in [2.75, 3.05) is 5.32 Å². The second-order valence-electron chi connectivity index (χ2n) is 5.27. The molecule has 0 spiro atoms. The predicted molar refractivity (Wildman–Crippen MR) is 99.4 cm³/mol. The summed E-state index contributed by atoms with van der Waals surface area (Å²) in [6, 6.07) is 11.8. The first-order chi connectivity index (χ1) is 11.8. The largest absolute Gasteiger partial charge is 0.365 e. The third kappa shape index (κ3) is 2.96. The first kappa shape index (κ1) is 15.1. The Hall–Kier alpha value is -2.50. The lowest BCUT2D eigenvalue weighted by atomic mass is 10.1. The molecular formula is C18H13ClN4S. The number of hydrogen-bond donors (Lipinski definition) is 1. The van der Waals surface area contributed by atoms with Gasteiger partial charge < -0.3 is 5.32 Å². The maximum atomic E-state index is 6.00. The number of pyridine rings is 1. The molecule has 0 bridgehead atoms. The molecule has 4 rings (SSSR count). The van der Waals surface area contributed by atoms with E-state index < -0.39 is 0 Å². The van der Waals surface area contributed by atoms with Gasteiger partial charge in [0.25, 0.3) is 0 Å². The maximum absolute atomic E-state index is 6.00. The van der Waals surface area contributed by atoms with E-state index in [0.29, 0.717) is 6.54 Å². The van der Waals surface area contributed by atoms with Crippen molar-refractivity contribution in [3.05, 3.63) is 71.1 Å². The highest BCUT2D eigenvalue weighted by molar-refractivity contribution is 7.17. The number of anilines is 1. The zero-order valence-electron chi connectivity index (χ0n) is 12.6. The fourth-order valence-corrected chi connectivity index (χ4v) is 3.58. The summed E-state index contributed by atoms with van der Waals surface area (Å²) < 4.78 is 0. The van der Waals surface area contributed by atoms with Gasteiger partial charge in [-0.2, -0.15) is 0 Å². The molecule has 0 unspecified atom stereocenters. The average molecular weight is 353 g/mol. The van der Waals surface area contributed by atoms with Crippen molar-refractivity contribution < 1.29 is 0 Å². The SMILES string of the molecule is Clc1ccc(-c2csc3ncnc(NCc4cccnc4)c23)cc1. The van der Waals surface area contributed by atoms with E-state index in [1.165, 1.54) is 0 Å². The molecule has 0 aliphatic carbocycles. The number of nitrogens with zero attached hydrogens (tertiary/aromatic N) is 3. The molecule has 0 saturated carbocycles. The molecule has 24 heavy (non-hydrogen) atoms. The predicted octanol–water partition coefficient (Wildman–Crippen LogP) is 5.02. The molecule has 1 N–H and O–H groups in total. The molecule has 118 valence electrons. The molecule has 3 aromatic heterocycles. The molecule has 1 aromatic carbocycles. The number of thiophene rings is 1. The number of fused-ring (bicyclic) bond motifs is 1. The Morgan fingerprint density at radius 1 is 1.08 bits per heavy atom. The van der Waals surface area contributed by atoms with Gasteiger partial charge in [0.15, 0.2) is 0 Å². The molecule has 0 aliphatic rings. The Bertz CT molecular complexity index is 967. The first-order valence-corrected chi connectivity index (χ1v) is 8.68. The van der Waals surface area contributed by atoms with Gasteiger partial charge in [-0.3, -0.25) is 4.98 Å². The van der Waals surface area contributed by atoms with Gasteiger partial charge in [0.05, 0.1) is 5.39 Å². The van der Waals surface area contributed by atoms with E-state index >= 15 is 0 Å². The van der Waals surface area contributed by atoms with Crippen LogP contribution in [0.2, 0.25) is 5.02 Å². The van der Waals surface area contributed by atoms with Gasteiger partial charge in [-0.1, -0.05) is 29.8 Å². The Morgan fingerprint density at radius 2 is 1.96 bits per heavy atom. The van der Waals surface area contributed by atoms with Crippen molar-refractivity contribution in [1.82, 2.24) is 15.0 Å². The highest BCUT2D eigenvalue weighted by Gasteiger charge is 2.13. The van der Waals surface area contributed by atoms with Crippen molar-refractivity contribution in [2.24, 2.45) is 0 Å². The monoisotopic (exact) mass is 352 g/mol. The highest BCUT2D eigenvalue weighted by Crippen LogP contribution is 2.36. The number of rotatable bonds is 4. The molecule has 0 aliphatic heterocycles. The van der Waals surface area contributed by atoms with Crippen molar-refractivity contribution in [3.63, 3.8) is 0 Å². The van der Waals surface area contributed by atoms with E-state index in [1.807, 2.05) is 42.6 Å². The third-order valence-corrected chi connectivity index (χ3v) is 4.85. The summed E-state index contributed by atoms with van der Waals surface area (Å²) in [4.78, 5) is 13.9. The molecular weight excluding hydrogens is 340 g/mol. The van der Waals surface area contributed by atoms with Crippen LogP contribution in [-0.2, 0) is 6.54 Å². The lowest BCUT2D eigenvalue weighted by molar-refractivity contribution is 1.08. The summed E-state index contributed by atoms with van der Waals surface area (Å²) in [7, 11) is 0. The van der Waals surface area contributed by atoms with Crippen LogP contribution in [0, 0.1) is 0 Å². The molecule has 6 heteroatoms. The number of nitrogens with one attached hydrogen (secondary N) is 1. The fourth-order valence-electron chi connectivity index (χ4n) is 2.54. The van der Waals surface area contributed by atoms with Crippen LogP contribution in [0.5, 0.6) is 0 Å². The second kappa shape index (κ2) is 6.55. The summed E-state index contributed by atoms with van der Waals surface area (Å²) in [5.41, 5.74) is 3.32. The van der Waals surface area contributed by atoms with Gasteiger partial charge in [0, 0.05) is 34.9 Å². The van der Waals surface area contributed by atoms with Gasteiger partial charge in [0.2, 0.25) is 0 Å². The lowest BCUT2D eigenvalue weighted by Crippen LogP contribution is -2.02. The summed E-state index contributed by atoms with van der Waals surface area (Å²) in [5.74, 6) is 0.829. The Morgan fingerprint density at radius 3 is 2.75 bits per heavy atom. The third-order valence-electron chi connectivity index (χ3n) is 3.71. The van der Waals surface area contributed by atoms with E-state index in [0.717, 1.165) is 37.7 Å². The van der Waals surface area contributed by atoms with E-state index in [2.05, 4.69) is 25.6 Å². The van der Waals surface area contributed by atoms with Crippen molar-refractivity contribution in [2.45, 2.75) is 6.54 Å². The lowest BCUT2D eigenvalue weighted by Gasteiger charge is -2.08. The number of aromatic nitrogens is 3. The van der Waals surface area contributed by atoms with Crippen LogP contribution in [-0.4, -0.2) is 15.0 Å². The minimum absolute atomic E-state index is 0.663. The van der Waals surface area contributed by atoms with Crippen LogP contribution in [0.4, 0.5) is 5.82 Å². The highest BCUT2D eigenvalue weighted by atomic mass is 35.5. The summed E-state index contributed by atoms with van der Waals surface area (Å²) in [6.07, 6.45) is 5.21. The molecule has 0 amide bonds. The molecule has 4 nitrogen and oxygen atoms in total. The van der Waals surface area contributed by atoms with Crippen molar-refractivity contribution in [1.29, 1.82) is 0 Å². The molecule has 0 saturated heterocycles. The van der Waals surface area contributed by atoms with Gasteiger partial charge in [-0.25, -0.2) is 9.97 Å². The zero-order valence-corrected chi connectivity index (χ0v) is 14.2. The summed E-state index contributed by atoms with van der Waals surface area (Å²) >= 11 is 7.61. The molecule has 4 aromatic rings. The summed E-state index contributed by atoms with van der Waals surface area (Å²) in [6.45, 7) is 0.663. The number of benzene rings is 1. The minimum atomic E-state index is 0.663. The summed E-state index contributed by atoms with van der Waals surface area (Å²) in [5, 5.41) is 7.27. The zero-order chi connectivity index (χ0) is 16.4. The van der Waals surface area contributed by atoms with Gasteiger partial charge in [-0.05, 0) is 29.3 Å². The van der Waals surface area contributed by atoms with Gasteiger partial charge >= 0.3 is 0 Å². The normalized spacial score (nSPS) is 10.9. The van der Waals surface area contributed by atoms with Crippen LogP contribution in [0.15, 0.2) is 60.5 Å². The number of hydrogen-bond acceptors (Lipinski definition) is 5. The molecule has 0 fully saturated rings. The molecule has 0 atom stereocenters. The van der Waals surface area contributed by atoms with Crippen molar-refractivity contribution >= 4 is 39.0 Å². The topological polar surface area (TPSA) is 50.7 Å². The standard InChI is InChI=1S/C18H13ClN4S/c19-14-5-3-13(4-6-14)15-10-24-18-16(15)17(22-11-23-18)21-9-12-2-1-7-20-8-12/h1-8,10-11H,9H2,(H,21,22,23). The van der Waals surface area contributed by atoms with E-state index in [9.17, 15) is 0 Å². The second-order valence-corrected chi connectivity index (χ2v) is 6.57. The van der Waals surface area contributed by atoms with Crippen LogP contribution in [0.1, 0.15) is 5.56 Å². The average Bonchev–Trinajstić information content (AvgIpc) is 3.06.